The minimum atomic E-state index is -0.277. The van der Waals surface area contributed by atoms with E-state index in [4.69, 9.17) is 9.15 Å². The van der Waals surface area contributed by atoms with Crippen molar-refractivity contribution in [2.45, 2.75) is 33.1 Å². The van der Waals surface area contributed by atoms with Crippen molar-refractivity contribution in [2.75, 3.05) is 19.7 Å². The zero-order valence-electron chi connectivity index (χ0n) is 17.4. The van der Waals surface area contributed by atoms with Crippen molar-refractivity contribution in [3.8, 4) is 16.9 Å². The molecule has 0 bridgehead atoms. The van der Waals surface area contributed by atoms with Crippen LogP contribution in [0, 0.1) is 5.82 Å². The minimum Gasteiger partial charge on any atom is -0.493 e. The third-order valence-corrected chi connectivity index (χ3v) is 5.56. The van der Waals surface area contributed by atoms with E-state index in [1.807, 2.05) is 30.9 Å². The highest BCUT2D eigenvalue weighted by Gasteiger charge is 2.18. The van der Waals surface area contributed by atoms with E-state index in [0.29, 0.717) is 17.9 Å². The van der Waals surface area contributed by atoms with E-state index >= 15 is 0 Å². The Morgan fingerprint density at radius 2 is 1.90 bits per heavy atom. The molecule has 156 valence electrons. The number of hydrogen-bond donors (Lipinski definition) is 0. The van der Waals surface area contributed by atoms with Gasteiger partial charge in [-0.1, -0.05) is 12.1 Å². The molecule has 4 rings (SSSR count). The van der Waals surface area contributed by atoms with Crippen LogP contribution in [0.1, 0.15) is 38.7 Å². The Balaban J connectivity index is 1.75. The van der Waals surface area contributed by atoms with Gasteiger partial charge in [0, 0.05) is 41.7 Å². The first kappa shape index (κ1) is 20.2. The summed E-state index contributed by atoms with van der Waals surface area (Å²) < 4.78 is 25.0. The first-order chi connectivity index (χ1) is 14.6. The molecule has 1 fully saturated rings. The third kappa shape index (κ3) is 4.11. The van der Waals surface area contributed by atoms with Crippen LogP contribution in [0.3, 0.4) is 0 Å². The Hall–Kier alpha value is -3.08. The number of allylic oxidation sites excluding steroid dienone is 1. The molecule has 0 spiro atoms. The number of likely N-dealkylation sites (tertiary alicyclic amines) is 1. The molecule has 0 atom stereocenters. The fourth-order valence-electron chi connectivity index (χ4n) is 3.96. The Bertz CT molecular complexity index is 1080. The number of hydrogen-bond acceptors (Lipinski definition) is 3. The van der Waals surface area contributed by atoms with Gasteiger partial charge in [-0.15, -0.1) is 0 Å². The maximum absolute atomic E-state index is 13.3. The van der Waals surface area contributed by atoms with Gasteiger partial charge in [0.15, 0.2) is 0 Å². The second-order valence-electron chi connectivity index (χ2n) is 7.65. The van der Waals surface area contributed by atoms with Gasteiger partial charge in [0.05, 0.1) is 12.9 Å². The van der Waals surface area contributed by atoms with Crippen LogP contribution in [-0.2, 0) is 4.79 Å². The number of benzene rings is 2. The highest BCUT2D eigenvalue weighted by atomic mass is 19.1. The number of piperidine rings is 1. The lowest BCUT2D eigenvalue weighted by molar-refractivity contribution is -0.126. The summed E-state index contributed by atoms with van der Waals surface area (Å²) in [5.74, 6) is 0.451. The van der Waals surface area contributed by atoms with Crippen LogP contribution in [0.15, 0.2) is 53.2 Å². The van der Waals surface area contributed by atoms with Crippen molar-refractivity contribution in [1.82, 2.24) is 4.90 Å². The van der Waals surface area contributed by atoms with Crippen LogP contribution < -0.4 is 4.74 Å². The molecular weight excluding hydrogens is 381 g/mol. The van der Waals surface area contributed by atoms with Crippen molar-refractivity contribution in [3.63, 3.8) is 0 Å². The average molecular weight is 407 g/mol. The van der Waals surface area contributed by atoms with E-state index in [0.717, 1.165) is 53.6 Å². The van der Waals surface area contributed by atoms with Crippen molar-refractivity contribution in [3.05, 3.63) is 60.1 Å². The van der Waals surface area contributed by atoms with Crippen LogP contribution in [0.5, 0.6) is 5.75 Å². The number of fused-ring (bicyclic) bond motifs is 1. The maximum Gasteiger partial charge on any atom is 0.246 e. The standard InChI is InChI=1S/C25H26FNO3/c1-3-29-23-15-24-21(22(16-30-24)18-7-9-19(26)10-8-18)14-20(23)17(2)13-25(28)27-11-5-4-6-12-27/h7-10,13-16H,3-6,11-12H2,1-2H3/b17-13+. The number of carbonyl (C=O) groups excluding carboxylic acids is 1. The zero-order valence-corrected chi connectivity index (χ0v) is 17.4. The number of halogens is 1. The van der Waals surface area contributed by atoms with Crippen LogP contribution in [0.4, 0.5) is 4.39 Å². The maximum atomic E-state index is 13.3. The first-order valence-corrected chi connectivity index (χ1v) is 10.5. The van der Waals surface area contributed by atoms with Crippen LogP contribution in [0.2, 0.25) is 0 Å². The van der Waals surface area contributed by atoms with Crippen molar-refractivity contribution in [2.24, 2.45) is 0 Å². The lowest BCUT2D eigenvalue weighted by atomic mass is 9.99. The van der Waals surface area contributed by atoms with Crippen LogP contribution in [0.25, 0.3) is 27.7 Å². The normalized spacial score (nSPS) is 14.9. The molecule has 5 heteroatoms. The molecule has 0 saturated carbocycles. The molecule has 0 unspecified atom stereocenters. The van der Waals surface area contributed by atoms with Gasteiger partial charge in [-0.25, -0.2) is 4.39 Å². The number of furan rings is 1. The smallest absolute Gasteiger partial charge is 0.246 e. The first-order valence-electron chi connectivity index (χ1n) is 10.5. The Morgan fingerprint density at radius 1 is 1.17 bits per heavy atom. The summed E-state index contributed by atoms with van der Waals surface area (Å²) in [6, 6.07) is 10.2. The molecule has 4 nitrogen and oxygen atoms in total. The predicted molar refractivity (Wildman–Crippen MR) is 117 cm³/mol. The van der Waals surface area contributed by atoms with E-state index in [-0.39, 0.29) is 11.7 Å². The SMILES string of the molecule is CCOc1cc2occ(-c3ccc(F)cc3)c2cc1/C(C)=C/C(=O)N1CCCCC1. The minimum absolute atomic E-state index is 0.0423. The second-order valence-corrected chi connectivity index (χ2v) is 7.65. The van der Waals surface area contributed by atoms with E-state index in [9.17, 15) is 9.18 Å². The Kier molecular flexibility index (Phi) is 5.88. The van der Waals surface area contributed by atoms with Crippen LogP contribution in [-0.4, -0.2) is 30.5 Å². The zero-order chi connectivity index (χ0) is 21.1. The molecule has 3 aromatic rings. The van der Waals surface area contributed by atoms with Crippen molar-refractivity contribution in [1.29, 1.82) is 0 Å². The number of rotatable bonds is 5. The summed E-state index contributed by atoms with van der Waals surface area (Å²) in [5, 5.41) is 0.901. The van der Waals surface area contributed by atoms with E-state index in [1.165, 1.54) is 18.6 Å². The Labute approximate surface area is 175 Å². The molecule has 0 N–H and O–H groups in total. The second kappa shape index (κ2) is 8.74. The summed E-state index contributed by atoms with van der Waals surface area (Å²) in [6.45, 7) is 6.01. The van der Waals surface area contributed by atoms with Gasteiger partial charge < -0.3 is 14.1 Å². The largest absolute Gasteiger partial charge is 0.493 e. The van der Waals surface area contributed by atoms with Crippen molar-refractivity contribution < 1.29 is 18.3 Å². The summed E-state index contributed by atoms with van der Waals surface area (Å²) in [5.41, 5.74) is 4.15. The van der Waals surface area contributed by atoms with Crippen molar-refractivity contribution >= 4 is 22.4 Å². The van der Waals surface area contributed by atoms with Gasteiger partial charge in [-0.2, -0.15) is 0 Å². The lowest BCUT2D eigenvalue weighted by Crippen LogP contribution is -2.34. The fourth-order valence-corrected chi connectivity index (χ4v) is 3.96. The molecule has 1 aliphatic rings. The van der Waals surface area contributed by atoms with Gasteiger partial charge in [-0.05, 0) is 62.4 Å². The molecule has 30 heavy (non-hydrogen) atoms. The van der Waals surface area contributed by atoms with Gasteiger partial charge >= 0.3 is 0 Å². The van der Waals surface area contributed by atoms with E-state index in [2.05, 4.69) is 0 Å². The van der Waals surface area contributed by atoms with Gasteiger partial charge in [0.1, 0.15) is 17.1 Å². The molecule has 0 radical (unpaired) electrons. The predicted octanol–water partition coefficient (Wildman–Crippen LogP) is 6.05. The van der Waals surface area contributed by atoms with Gasteiger partial charge in [-0.3, -0.25) is 4.79 Å². The van der Waals surface area contributed by atoms with E-state index < -0.39 is 0 Å². The molecule has 1 amide bonds. The molecule has 0 aliphatic carbocycles. The van der Waals surface area contributed by atoms with E-state index in [1.54, 1.807) is 24.5 Å². The summed E-state index contributed by atoms with van der Waals surface area (Å²) in [6.07, 6.45) is 6.68. The number of amides is 1. The van der Waals surface area contributed by atoms with Gasteiger partial charge in [0.2, 0.25) is 5.91 Å². The Morgan fingerprint density at radius 3 is 2.60 bits per heavy atom. The summed E-state index contributed by atoms with van der Waals surface area (Å²) in [4.78, 5) is 14.7. The monoisotopic (exact) mass is 407 g/mol. The summed E-state index contributed by atoms with van der Waals surface area (Å²) >= 11 is 0. The van der Waals surface area contributed by atoms with Crippen LogP contribution >= 0.6 is 0 Å². The fraction of sp³-hybridized carbons (Fsp3) is 0.320. The van der Waals surface area contributed by atoms with Gasteiger partial charge in [0.25, 0.3) is 0 Å². The summed E-state index contributed by atoms with van der Waals surface area (Å²) in [7, 11) is 0. The molecular formula is C25H26FNO3. The third-order valence-electron chi connectivity index (χ3n) is 5.56. The highest BCUT2D eigenvalue weighted by Crippen LogP contribution is 2.37. The highest BCUT2D eigenvalue weighted by molar-refractivity contribution is 6.00. The number of ether oxygens (including phenoxy) is 1. The topological polar surface area (TPSA) is 42.7 Å². The molecule has 1 aromatic heterocycles. The molecule has 1 saturated heterocycles. The number of nitrogens with zero attached hydrogens (tertiary/aromatic N) is 1. The lowest BCUT2D eigenvalue weighted by Gasteiger charge is -2.25. The average Bonchev–Trinajstić information content (AvgIpc) is 3.17. The number of carbonyl (C=O) groups is 1. The molecule has 1 aliphatic heterocycles. The molecule has 2 aromatic carbocycles. The molecule has 2 heterocycles. The quantitative estimate of drug-likeness (QED) is 0.483.